The second-order valence-corrected chi connectivity index (χ2v) is 5.72. The molecule has 0 saturated heterocycles. The molecular formula is C16H12BrF2NO. The molecule has 2 N–H and O–H groups in total. The van der Waals surface area contributed by atoms with E-state index in [1.165, 1.54) is 6.07 Å². The summed E-state index contributed by atoms with van der Waals surface area (Å²) in [6.07, 6.45) is 0.370. The highest BCUT2D eigenvalue weighted by Crippen LogP contribution is 2.30. The highest BCUT2D eigenvalue weighted by molar-refractivity contribution is 9.10. The molecule has 2 nitrogen and oxygen atoms in total. The summed E-state index contributed by atoms with van der Waals surface area (Å²) in [5.74, 6) is -1.12. The first-order valence-electron chi connectivity index (χ1n) is 6.42. The number of furan rings is 1. The molecule has 0 aliphatic carbocycles. The van der Waals surface area contributed by atoms with E-state index >= 15 is 0 Å². The van der Waals surface area contributed by atoms with Crippen molar-refractivity contribution >= 4 is 26.9 Å². The fourth-order valence-corrected chi connectivity index (χ4v) is 2.71. The van der Waals surface area contributed by atoms with Gasteiger partial charge in [0.2, 0.25) is 0 Å². The quantitative estimate of drug-likeness (QED) is 0.741. The lowest BCUT2D eigenvalue weighted by molar-refractivity contribution is 0.487. The molecule has 0 spiro atoms. The first-order chi connectivity index (χ1) is 10.0. The monoisotopic (exact) mass is 351 g/mol. The third-order valence-corrected chi connectivity index (χ3v) is 3.94. The maximum Gasteiger partial charge on any atom is 0.159 e. The zero-order valence-electron chi connectivity index (χ0n) is 10.9. The van der Waals surface area contributed by atoms with Gasteiger partial charge in [0.05, 0.1) is 10.5 Å². The molecule has 5 heteroatoms. The van der Waals surface area contributed by atoms with Gasteiger partial charge in [-0.15, -0.1) is 0 Å². The minimum atomic E-state index is -0.868. The average molecular weight is 352 g/mol. The fraction of sp³-hybridized carbons (Fsp3) is 0.125. The lowest BCUT2D eigenvalue weighted by atomic mass is 10.0. The number of rotatable bonds is 3. The van der Waals surface area contributed by atoms with Gasteiger partial charge in [-0.2, -0.15) is 0 Å². The lowest BCUT2D eigenvalue weighted by Crippen LogP contribution is -2.12. The van der Waals surface area contributed by atoms with Crippen LogP contribution < -0.4 is 5.73 Å². The molecule has 3 rings (SSSR count). The summed E-state index contributed by atoms with van der Waals surface area (Å²) in [6, 6.07) is 11.0. The van der Waals surface area contributed by atoms with E-state index in [1.54, 1.807) is 0 Å². The average Bonchev–Trinajstić information content (AvgIpc) is 2.89. The smallest absolute Gasteiger partial charge is 0.159 e. The number of nitrogens with two attached hydrogens (primary N) is 1. The Balaban J connectivity index is 1.87. The van der Waals surface area contributed by atoms with Crippen LogP contribution in [-0.2, 0) is 6.42 Å². The van der Waals surface area contributed by atoms with Gasteiger partial charge in [-0.05, 0) is 52.2 Å². The number of fused-ring (bicyclic) bond motifs is 1. The van der Waals surface area contributed by atoms with E-state index in [0.29, 0.717) is 17.7 Å². The molecule has 0 amide bonds. The van der Waals surface area contributed by atoms with E-state index in [-0.39, 0.29) is 0 Å². The first-order valence-corrected chi connectivity index (χ1v) is 7.21. The molecule has 0 fully saturated rings. The van der Waals surface area contributed by atoms with E-state index < -0.39 is 17.7 Å². The number of hydrogen-bond donors (Lipinski definition) is 1. The Morgan fingerprint density at radius 2 is 1.90 bits per heavy atom. The molecule has 0 radical (unpaired) electrons. The van der Waals surface area contributed by atoms with Crippen molar-refractivity contribution in [2.45, 2.75) is 12.5 Å². The van der Waals surface area contributed by atoms with Crippen LogP contribution in [-0.4, -0.2) is 0 Å². The van der Waals surface area contributed by atoms with Crippen molar-refractivity contribution in [2.75, 3.05) is 0 Å². The summed E-state index contributed by atoms with van der Waals surface area (Å²) in [4.78, 5) is 0. The lowest BCUT2D eigenvalue weighted by Gasteiger charge is -2.09. The number of halogens is 3. The minimum Gasteiger partial charge on any atom is -0.458 e. The van der Waals surface area contributed by atoms with Gasteiger partial charge in [0.25, 0.3) is 0 Å². The van der Waals surface area contributed by atoms with Crippen molar-refractivity contribution in [2.24, 2.45) is 5.73 Å². The predicted molar refractivity (Wildman–Crippen MR) is 80.9 cm³/mol. The molecule has 3 aromatic rings. The van der Waals surface area contributed by atoms with Crippen LogP contribution in [0.15, 0.2) is 51.4 Å². The Labute approximate surface area is 128 Å². The van der Waals surface area contributed by atoms with Crippen molar-refractivity contribution in [3.8, 4) is 0 Å². The number of benzene rings is 2. The van der Waals surface area contributed by atoms with Crippen LogP contribution in [0.4, 0.5) is 8.78 Å². The number of para-hydroxylation sites is 1. The molecule has 108 valence electrons. The molecule has 0 bridgehead atoms. The van der Waals surface area contributed by atoms with Crippen LogP contribution in [0, 0.1) is 11.6 Å². The molecule has 0 aliphatic heterocycles. The predicted octanol–water partition coefficient (Wildman–Crippen LogP) is 4.72. The summed E-state index contributed by atoms with van der Waals surface area (Å²) in [6.45, 7) is 0. The van der Waals surface area contributed by atoms with Gasteiger partial charge in [-0.25, -0.2) is 8.78 Å². The second kappa shape index (κ2) is 5.58. The van der Waals surface area contributed by atoms with Crippen LogP contribution in [0.3, 0.4) is 0 Å². The minimum absolute atomic E-state index is 0.370. The Bertz CT molecular complexity index is 800. The van der Waals surface area contributed by atoms with Crippen LogP contribution in [0.1, 0.15) is 17.4 Å². The molecule has 1 aromatic heterocycles. The number of hydrogen-bond acceptors (Lipinski definition) is 2. The normalized spacial score (nSPS) is 12.8. The van der Waals surface area contributed by atoms with Gasteiger partial charge in [0.15, 0.2) is 11.6 Å². The van der Waals surface area contributed by atoms with E-state index in [1.807, 2.05) is 24.3 Å². The zero-order chi connectivity index (χ0) is 15.0. The molecule has 1 atom stereocenters. The van der Waals surface area contributed by atoms with Gasteiger partial charge in [-0.3, -0.25) is 0 Å². The van der Waals surface area contributed by atoms with Crippen molar-refractivity contribution in [3.05, 3.63) is 69.9 Å². The van der Waals surface area contributed by atoms with E-state index in [4.69, 9.17) is 10.2 Å². The summed E-state index contributed by atoms with van der Waals surface area (Å²) >= 11 is 3.42. The Morgan fingerprint density at radius 1 is 1.10 bits per heavy atom. The van der Waals surface area contributed by atoms with E-state index in [9.17, 15) is 8.78 Å². The summed E-state index contributed by atoms with van der Waals surface area (Å²) in [5.41, 5.74) is 7.46. The van der Waals surface area contributed by atoms with Gasteiger partial charge in [0, 0.05) is 5.39 Å². The molecule has 2 aromatic carbocycles. The van der Waals surface area contributed by atoms with E-state index in [2.05, 4.69) is 15.9 Å². The molecule has 0 saturated carbocycles. The molecular weight excluding hydrogens is 340 g/mol. The van der Waals surface area contributed by atoms with Gasteiger partial charge in [0.1, 0.15) is 11.3 Å². The Morgan fingerprint density at radius 3 is 2.62 bits per heavy atom. The summed E-state index contributed by atoms with van der Waals surface area (Å²) < 4.78 is 32.7. The van der Waals surface area contributed by atoms with Crippen molar-refractivity contribution < 1.29 is 13.2 Å². The van der Waals surface area contributed by atoms with Gasteiger partial charge < -0.3 is 10.2 Å². The Hall–Kier alpha value is -1.72. The van der Waals surface area contributed by atoms with E-state index in [0.717, 1.165) is 27.6 Å². The van der Waals surface area contributed by atoms with Crippen molar-refractivity contribution in [1.29, 1.82) is 0 Å². The molecule has 21 heavy (non-hydrogen) atoms. The summed E-state index contributed by atoms with van der Waals surface area (Å²) in [7, 11) is 0. The third kappa shape index (κ3) is 2.84. The fourth-order valence-electron chi connectivity index (χ4n) is 2.25. The highest BCUT2D eigenvalue weighted by atomic mass is 79.9. The third-order valence-electron chi connectivity index (χ3n) is 3.32. The zero-order valence-corrected chi connectivity index (χ0v) is 12.5. The van der Waals surface area contributed by atoms with Gasteiger partial charge >= 0.3 is 0 Å². The molecule has 0 aliphatic rings. The maximum atomic E-state index is 13.2. The topological polar surface area (TPSA) is 39.2 Å². The maximum absolute atomic E-state index is 13.2. The van der Waals surface area contributed by atoms with Crippen molar-refractivity contribution in [1.82, 2.24) is 0 Å². The first kappa shape index (κ1) is 14.2. The Kier molecular flexibility index (Phi) is 3.78. The van der Waals surface area contributed by atoms with Crippen LogP contribution >= 0.6 is 15.9 Å². The van der Waals surface area contributed by atoms with Crippen LogP contribution in [0.25, 0.3) is 11.0 Å². The summed E-state index contributed by atoms with van der Waals surface area (Å²) in [5, 5.41) is 0.945. The van der Waals surface area contributed by atoms with Crippen LogP contribution in [0.2, 0.25) is 0 Å². The SMILES string of the molecule is NC(Cc1ccc(F)c(F)c1)c1cc2cccc(Br)c2o1. The standard InChI is InChI=1S/C16H12BrF2NO/c17-11-3-1-2-10-8-15(21-16(10)11)14(20)7-9-4-5-12(18)13(19)6-9/h1-6,8,14H,7,20H2. The highest BCUT2D eigenvalue weighted by Gasteiger charge is 2.15. The van der Waals surface area contributed by atoms with Gasteiger partial charge in [-0.1, -0.05) is 18.2 Å². The second-order valence-electron chi connectivity index (χ2n) is 4.87. The van der Waals surface area contributed by atoms with Crippen LogP contribution in [0.5, 0.6) is 0 Å². The van der Waals surface area contributed by atoms with Crippen molar-refractivity contribution in [3.63, 3.8) is 0 Å². The molecule has 1 heterocycles. The largest absolute Gasteiger partial charge is 0.458 e. The molecule has 1 unspecified atom stereocenters.